The van der Waals surface area contributed by atoms with Crippen LogP contribution >= 0.6 is 11.6 Å². The predicted octanol–water partition coefficient (Wildman–Crippen LogP) is 2.76. The van der Waals surface area contributed by atoms with Crippen molar-refractivity contribution in [2.45, 2.75) is 19.4 Å². The fourth-order valence-electron chi connectivity index (χ4n) is 1.19. The molecule has 0 aliphatic heterocycles. The van der Waals surface area contributed by atoms with Gasteiger partial charge in [0.15, 0.2) is 0 Å². The van der Waals surface area contributed by atoms with Crippen molar-refractivity contribution >= 4 is 11.6 Å². The van der Waals surface area contributed by atoms with Crippen LogP contribution < -0.4 is 10.5 Å². The Morgan fingerprint density at radius 1 is 1.54 bits per heavy atom. The van der Waals surface area contributed by atoms with Gasteiger partial charge < -0.3 is 10.5 Å². The Kier molecular flexibility index (Phi) is 3.58. The van der Waals surface area contributed by atoms with Crippen molar-refractivity contribution in [3.63, 3.8) is 0 Å². The van der Waals surface area contributed by atoms with Gasteiger partial charge in [-0.3, -0.25) is 0 Å². The molecule has 13 heavy (non-hydrogen) atoms. The minimum absolute atomic E-state index is 0.0115. The molecule has 1 unspecified atom stereocenters. The van der Waals surface area contributed by atoms with Crippen molar-refractivity contribution < 1.29 is 4.74 Å². The molecule has 0 aromatic heterocycles. The Morgan fingerprint density at radius 3 is 2.77 bits per heavy atom. The molecule has 0 aliphatic carbocycles. The summed E-state index contributed by atoms with van der Waals surface area (Å²) < 4.78 is 5.09. The highest BCUT2D eigenvalue weighted by atomic mass is 35.5. The van der Waals surface area contributed by atoms with Crippen molar-refractivity contribution in [1.29, 1.82) is 0 Å². The van der Waals surface area contributed by atoms with Gasteiger partial charge >= 0.3 is 0 Å². The second-order valence-corrected chi connectivity index (χ2v) is 3.26. The molecule has 72 valence electrons. The van der Waals surface area contributed by atoms with E-state index in [0.717, 1.165) is 12.0 Å². The summed E-state index contributed by atoms with van der Waals surface area (Å²) in [4.78, 5) is 0. The number of hydrogen-bond donors (Lipinski definition) is 1. The van der Waals surface area contributed by atoms with Crippen LogP contribution in [0, 0.1) is 0 Å². The van der Waals surface area contributed by atoms with Crippen molar-refractivity contribution in [3.8, 4) is 5.75 Å². The summed E-state index contributed by atoms with van der Waals surface area (Å²) in [6.45, 7) is 2.03. The van der Waals surface area contributed by atoms with Gasteiger partial charge in [0.05, 0.1) is 12.1 Å². The van der Waals surface area contributed by atoms with Crippen LogP contribution in [0.2, 0.25) is 5.02 Å². The highest BCUT2D eigenvalue weighted by Crippen LogP contribution is 2.31. The first kappa shape index (κ1) is 10.4. The first-order chi connectivity index (χ1) is 6.20. The molecule has 1 aromatic carbocycles. The van der Waals surface area contributed by atoms with Crippen LogP contribution in [0.15, 0.2) is 18.2 Å². The summed E-state index contributed by atoms with van der Waals surface area (Å²) in [6.07, 6.45) is 0.868. The van der Waals surface area contributed by atoms with Crippen molar-refractivity contribution in [2.24, 2.45) is 5.73 Å². The summed E-state index contributed by atoms with van der Waals surface area (Å²) in [7, 11) is 1.60. The van der Waals surface area contributed by atoms with Crippen molar-refractivity contribution in [2.75, 3.05) is 7.11 Å². The quantitative estimate of drug-likeness (QED) is 0.813. The molecule has 0 saturated heterocycles. The highest BCUT2D eigenvalue weighted by molar-refractivity contribution is 6.32. The summed E-state index contributed by atoms with van der Waals surface area (Å²) in [5.74, 6) is 0.683. The Hall–Kier alpha value is -0.730. The number of rotatable bonds is 3. The Bertz CT molecular complexity index is 288. The third-order valence-electron chi connectivity index (χ3n) is 2.05. The zero-order valence-electron chi connectivity index (χ0n) is 7.88. The fourth-order valence-corrected chi connectivity index (χ4v) is 1.53. The molecular formula is C10H14ClNO. The lowest BCUT2D eigenvalue weighted by Crippen LogP contribution is -2.09. The molecule has 0 spiro atoms. The van der Waals surface area contributed by atoms with E-state index < -0.39 is 0 Å². The van der Waals surface area contributed by atoms with Crippen molar-refractivity contribution in [3.05, 3.63) is 28.8 Å². The molecule has 1 aromatic rings. The van der Waals surface area contributed by atoms with Gasteiger partial charge in [-0.05, 0) is 18.1 Å². The Labute approximate surface area is 83.6 Å². The molecular weight excluding hydrogens is 186 g/mol. The van der Waals surface area contributed by atoms with Gasteiger partial charge in [0.25, 0.3) is 0 Å². The van der Waals surface area contributed by atoms with Gasteiger partial charge in [0.1, 0.15) is 5.75 Å². The maximum atomic E-state index is 6.08. The molecule has 1 rings (SSSR count). The molecule has 1 atom stereocenters. The van der Waals surface area contributed by atoms with Gasteiger partial charge in [-0.2, -0.15) is 0 Å². The molecule has 2 N–H and O–H groups in total. The average molecular weight is 200 g/mol. The lowest BCUT2D eigenvalue weighted by molar-refractivity contribution is 0.414. The Morgan fingerprint density at radius 2 is 2.23 bits per heavy atom. The first-order valence-corrected chi connectivity index (χ1v) is 4.66. The number of methoxy groups -OCH3 is 1. The summed E-state index contributed by atoms with van der Waals surface area (Å²) >= 11 is 6.08. The third-order valence-corrected chi connectivity index (χ3v) is 2.46. The highest BCUT2D eigenvalue weighted by Gasteiger charge is 2.11. The van der Waals surface area contributed by atoms with Crippen LogP contribution in [0.1, 0.15) is 24.9 Å². The summed E-state index contributed by atoms with van der Waals surface area (Å²) in [5, 5.41) is 0.624. The lowest BCUT2D eigenvalue weighted by atomic mass is 10.1. The second kappa shape index (κ2) is 4.49. The molecule has 0 amide bonds. The van der Waals surface area contributed by atoms with Crippen molar-refractivity contribution in [1.82, 2.24) is 0 Å². The average Bonchev–Trinajstić information content (AvgIpc) is 2.17. The van der Waals surface area contributed by atoms with Crippen LogP contribution in [0.5, 0.6) is 5.75 Å². The van der Waals surface area contributed by atoms with E-state index >= 15 is 0 Å². The monoisotopic (exact) mass is 199 g/mol. The van der Waals surface area contributed by atoms with Gasteiger partial charge in [-0.25, -0.2) is 0 Å². The summed E-state index contributed by atoms with van der Waals surface area (Å²) in [6, 6.07) is 5.64. The number of ether oxygens (including phenoxy) is 1. The molecule has 0 radical (unpaired) electrons. The van der Waals surface area contributed by atoms with E-state index in [0.29, 0.717) is 10.8 Å². The van der Waals surface area contributed by atoms with Gasteiger partial charge in [0.2, 0.25) is 0 Å². The molecule has 0 bridgehead atoms. The largest absolute Gasteiger partial charge is 0.495 e. The zero-order chi connectivity index (χ0) is 9.84. The van der Waals surface area contributed by atoms with E-state index in [4.69, 9.17) is 22.1 Å². The predicted molar refractivity (Wildman–Crippen MR) is 55.2 cm³/mol. The normalized spacial score (nSPS) is 12.6. The third kappa shape index (κ3) is 2.14. The van der Waals surface area contributed by atoms with E-state index in [9.17, 15) is 0 Å². The van der Waals surface area contributed by atoms with Gasteiger partial charge in [-0.15, -0.1) is 0 Å². The first-order valence-electron chi connectivity index (χ1n) is 4.28. The van der Waals surface area contributed by atoms with E-state index in [1.807, 2.05) is 25.1 Å². The standard InChI is InChI=1S/C10H14ClNO/c1-3-8(12)7-5-4-6-9(13-2)10(7)11/h4-6,8H,3,12H2,1-2H3. The van der Waals surface area contributed by atoms with Gasteiger partial charge in [-0.1, -0.05) is 30.7 Å². The van der Waals surface area contributed by atoms with Crippen LogP contribution in [0.25, 0.3) is 0 Å². The zero-order valence-corrected chi connectivity index (χ0v) is 8.64. The molecule has 3 heteroatoms. The Balaban J connectivity index is 3.08. The number of halogens is 1. The maximum Gasteiger partial charge on any atom is 0.137 e. The number of benzene rings is 1. The van der Waals surface area contributed by atoms with E-state index in [1.54, 1.807) is 7.11 Å². The molecule has 0 saturated carbocycles. The molecule has 2 nitrogen and oxygen atoms in total. The topological polar surface area (TPSA) is 35.2 Å². The number of nitrogens with two attached hydrogens (primary N) is 1. The minimum atomic E-state index is -0.0115. The molecule has 0 heterocycles. The van der Waals surface area contributed by atoms with Crippen LogP contribution in [-0.4, -0.2) is 7.11 Å². The fraction of sp³-hybridized carbons (Fsp3) is 0.400. The van der Waals surface area contributed by atoms with Crippen LogP contribution in [0.3, 0.4) is 0 Å². The minimum Gasteiger partial charge on any atom is -0.495 e. The second-order valence-electron chi connectivity index (χ2n) is 2.88. The smallest absolute Gasteiger partial charge is 0.137 e. The lowest BCUT2D eigenvalue weighted by Gasteiger charge is -2.13. The van der Waals surface area contributed by atoms with E-state index in [-0.39, 0.29) is 6.04 Å². The van der Waals surface area contributed by atoms with E-state index in [2.05, 4.69) is 0 Å². The van der Waals surface area contributed by atoms with E-state index in [1.165, 1.54) is 0 Å². The maximum absolute atomic E-state index is 6.08. The molecule has 0 fully saturated rings. The molecule has 0 aliphatic rings. The van der Waals surface area contributed by atoms with Gasteiger partial charge in [0, 0.05) is 6.04 Å². The summed E-state index contributed by atoms with van der Waals surface area (Å²) in [5.41, 5.74) is 6.83. The SMILES string of the molecule is CCC(N)c1cccc(OC)c1Cl. The van der Waals surface area contributed by atoms with Crippen LogP contribution in [0.4, 0.5) is 0 Å². The number of hydrogen-bond acceptors (Lipinski definition) is 2. The van der Waals surface area contributed by atoms with Crippen LogP contribution in [-0.2, 0) is 0 Å².